The van der Waals surface area contributed by atoms with Crippen molar-refractivity contribution in [2.24, 2.45) is 0 Å². The number of carbonyl (C=O) groups is 2. The first-order chi connectivity index (χ1) is 14.9. The number of ether oxygens (including phenoxy) is 1. The maximum atomic E-state index is 12.4. The van der Waals surface area contributed by atoms with Crippen molar-refractivity contribution >= 4 is 40.8 Å². The third kappa shape index (κ3) is 5.64. The highest BCUT2D eigenvalue weighted by Gasteiger charge is 2.15. The van der Waals surface area contributed by atoms with E-state index in [1.54, 1.807) is 48.5 Å². The van der Waals surface area contributed by atoms with Gasteiger partial charge in [-0.1, -0.05) is 41.6 Å². The number of rotatable bonds is 7. The normalized spacial score (nSPS) is 10.4. The molecule has 3 rings (SSSR count). The molecule has 0 bridgehead atoms. The van der Waals surface area contributed by atoms with Crippen LogP contribution >= 0.6 is 11.8 Å². The lowest BCUT2D eigenvalue weighted by molar-refractivity contribution is -0.113. The summed E-state index contributed by atoms with van der Waals surface area (Å²) in [5.41, 5.74) is 7.03. The van der Waals surface area contributed by atoms with Crippen molar-refractivity contribution < 1.29 is 14.3 Å². The van der Waals surface area contributed by atoms with Gasteiger partial charge < -0.3 is 21.1 Å². The predicted molar refractivity (Wildman–Crippen MR) is 121 cm³/mol. The standard InChI is InChI=1S/C21H21N5O4S/c1-12-7-9-13(10-8-12)19(28)24-17-18(22)25-21(26-20(17)29)31-11-16(27)23-14-5-3-4-6-15(14)30-2/h3-10H,11H2,1-2H3,(H,23,27)(H,24,28)(H3,22,25,26,29). The van der Waals surface area contributed by atoms with Gasteiger partial charge in [0.1, 0.15) is 11.4 Å². The van der Waals surface area contributed by atoms with Crippen LogP contribution in [0, 0.1) is 6.92 Å². The van der Waals surface area contributed by atoms with E-state index in [2.05, 4.69) is 20.6 Å². The molecule has 160 valence electrons. The van der Waals surface area contributed by atoms with Crippen LogP contribution < -0.4 is 26.7 Å². The van der Waals surface area contributed by atoms with E-state index in [-0.39, 0.29) is 28.3 Å². The molecule has 2 aromatic carbocycles. The first-order valence-corrected chi connectivity index (χ1v) is 10.2. The number of benzene rings is 2. The second-order valence-electron chi connectivity index (χ2n) is 6.49. The largest absolute Gasteiger partial charge is 0.495 e. The summed E-state index contributed by atoms with van der Waals surface area (Å²) in [6.07, 6.45) is 0. The molecular weight excluding hydrogens is 418 g/mol. The molecule has 3 aromatic rings. The number of nitrogens with zero attached hydrogens (tertiary/aromatic N) is 1. The van der Waals surface area contributed by atoms with E-state index in [1.807, 2.05) is 6.92 Å². The molecule has 9 nitrogen and oxygen atoms in total. The topological polar surface area (TPSA) is 139 Å². The van der Waals surface area contributed by atoms with Crippen molar-refractivity contribution in [3.63, 3.8) is 0 Å². The van der Waals surface area contributed by atoms with E-state index >= 15 is 0 Å². The molecule has 0 spiro atoms. The van der Waals surface area contributed by atoms with Gasteiger partial charge in [-0.05, 0) is 31.2 Å². The SMILES string of the molecule is COc1ccccc1NC(=O)CSc1nc(N)c(NC(=O)c2ccc(C)cc2)c(=O)[nH]1. The highest BCUT2D eigenvalue weighted by molar-refractivity contribution is 7.99. The number of anilines is 3. The Bertz CT molecular complexity index is 1160. The Hall–Kier alpha value is -3.79. The first kappa shape index (κ1) is 21.9. The smallest absolute Gasteiger partial charge is 0.277 e. The fraction of sp³-hybridized carbons (Fsp3) is 0.143. The van der Waals surface area contributed by atoms with Crippen LogP contribution in [0.3, 0.4) is 0 Å². The van der Waals surface area contributed by atoms with Crippen molar-refractivity contribution in [3.8, 4) is 5.75 Å². The van der Waals surface area contributed by atoms with Crippen LogP contribution in [-0.4, -0.2) is 34.6 Å². The molecule has 5 N–H and O–H groups in total. The quantitative estimate of drug-likeness (QED) is 0.328. The molecule has 31 heavy (non-hydrogen) atoms. The Morgan fingerprint density at radius 2 is 1.84 bits per heavy atom. The Kier molecular flexibility index (Phi) is 6.93. The molecule has 0 saturated carbocycles. The number of thioether (sulfide) groups is 1. The minimum atomic E-state index is -0.611. The first-order valence-electron chi connectivity index (χ1n) is 9.21. The number of H-pyrrole nitrogens is 1. The fourth-order valence-corrected chi connectivity index (χ4v) is 3.28. The highest BCUT2D eigenvalue weighted by Crippen LogP contribution is 2.24. The molecule has 0 fully saturated rings. The van der Waals surface area contributed by atoms with Gasteiger partial charge in [-0.15, -0.1) is 0 Å². The van der Waals surface area contributed by atoms with Crippen molar-refractivity contribution in [3.05, 3.63) is 70.0 Å². The molecule has 10 heteroatoms. The van der Waals surface area contributed by atoms with Gasteiger partial charge in [0.25, 0.3) is 11.5 Å². The Morgan fingerprint density at radius 3 is 2.52 bits per heavy atom. The zero-order valence-corrected chi connectivity index (χ0v) is 17.7. The zero-order valence-electron chi connectivity index (χ0n) is 16.9. The number of aromatic nitrogens is 2. The number of hydrogen-bond acceptors (Lipinski definition) is 7. The summed E-state index contributed by atoms with van der Waals surface area (Å²) in [6.45, 7) is 1.90. The molecule has 0 unspecified atom stereocenters. The second kappa shape index (κ2) is 9.81. The van der Waals surface area contributed by atoms with E-state index in [9.17, 15) is 14.4 Å². The Morgan fingerprint density at radius 1 is 1.13 bits per heavy atom. The van der Waals surface area contributed by atoms with Gasteiger partial charge in [0.05, 0.1) is 18.6 Å². The summed E-state index contributed by atoms with van der Waals surface area (Å²) in [4.78, 5) is 43.5. The minimum absolute atomic E-state index is 0.0184. The third-order valence-electron chi connectivity index (χ3n) is 4.20. The van der Waals surface area contributed by atoms with Crippen LogP contribution in [0.2, 0.25) is 0 Å². The Labute approximate surface area is 182 Å². The van der Waals surface area contributed by atoms with Crippen molar-refractivity contribution in [2.45, 2.75) is 12.1 Å². The average Bonchev–Trinajstić information content (AvgIpc) is 2.75. The van der Waals surface area contributed by atoms with Gasteiger partial charge in [0.2, 0.25) is 5.91 Å². The van der Waals surface area contributed by atoms with E-state index < -0.39 is 11.5 Å². The van der Waals surface area contributed by atoms with E-state index in [1.165, 1.54) is 7.11 Å². The molecule has 1 aromatic heterocycles. The maximum absolute atomic E-state index is 12.4. The summed E-state index contributed by atoms with van der Waals surface area (Å²) in [5.74, 6) is -0.416. The molecule has 0 aliphatic carbocycles. The van der Waals surface area contributed by atoms with Crippen LogP contribution in [0.15, 0.2) is 58.5 Å². The maximum Gasteiger partial charge on any atom is 0.277 e. The molecular formula is C21H21N5O4S. The summed E-state index contributed by atoms with van der Waals surface area (Å²) >= 11 is 1.00. The summed E-state index contributed by atoms with van der Waals surface area (Å²) in [7, 11) is 1.51. The Balaban J connectivity index is 1.64. The molecule has 0 atom stereocenters. The van der Waals surface area contributed by atoms with E-state index in [0.717, 1.165) is 17.3 Å². The molecule has 0 aliphatic rings. The molecule has 2 amide bonds. The number of nitrogens with two attached hydrogens (primary N) is 1. The number of nitrogens with one attached hydrogen (secondary N) is 3. The predicted octanol–water partition coefficient (Wildman–Crippen LogP) is 2.65. The number of amides is 2. The lowest BCUT2D eigenvalue weighted by Crippen LogP contribution is -2.23. The summed E-state index contributed by atoms with van der Waals surface area (Å²) in [5, 5.41) is 5.37. The van der Waals surface area contributed by atoms with Crippen LogP contribution in [0.5, 0.6) is 5.75 Å². The lowest BCUT2D eigenvalue weighted by atomic mass is 10.1. The number of carbonyl (C=O) groups excluding carboxylic acids is 2. The number of hydrogen-bond donors (Lipinski definition) is 4. The highest BCUT2D eigenvalue weighted by atomic mass is 32.2. The number of nitrogen functional groups attached to an aromatic ring is 1. The summed E-state index contributed by atoms with van der Waals surface area (Å²) < 4.78 is 5.19. The van der Waals surface area contributed by atoms with Crippen molar-refractivity contribution in [1.82, 2.24) is 9.97 Å². The van der Waals surface area contributed by atoms with Crippen molar-refractivity contribution in [2.75, 3.05) is 29.2 Å². The molecule has 0 aliphatic heterocycles. The van der Waals surface area contributed by atoms with Gasteiger partial charge in [-0.3, -0.25) is 19.4 Å². The van der Waals surface area contributed by atoms with Crippen LogP contribution in [0.4, 0.5) is 17.2 Å². The van der Waals surface area contributed by atoms with Gasteiger partial charge in [-0.25, -0.2) is 4.98 Å². The molecule has 0 saturated heterocycles. The lowest BCUT2D eigenvalue weighted by Gasteiger charge is -2.10. The van der Waals surface area contributed by atoms with Crippen LogP contribution in [0.25, 0.3) is 0 Å². The van der Waals surface area contributed by atoms with Crippen LogP contribution in [-0.2, 0) is 4.79 Å². The van der Waals surface area contributed by atoms with E-state index in [4.69, 9.17) is 10.5 Å². The average molecular weight is 439 g/mol. The summed E-state index contributed by atoms with van der Waals surface area (Å²) in [6, 6.07) is 13.9. The van der Waals surface area contributed by atoms with Crippen LogP contribution in [0.1, 0.15) is 15.9 Å². The second-order valence-corrected chi connectivity index (χ2v) is 7.45. The number of aryl methyl sites for hydroxylation is 1. The zero-order chi connectivity index (χ0) is 22.4. The van der Waals surface area contributed by atoms with E-state index in [0.29, 0.717) is 17.0 Å². The van der Waals surface area contributed by atoms with Gasteiger partial charge in [0, 0.05) is 5.56 Å². The number of para-hydroxylation sites is 2. The molecule has 1 heterocycles. The fourth-order valence-electron chi connectivity index (χ4n) is 2.62. The monoisotopic (exact) mass is 439 g/mol. The number of aromatic amines is 1. The van der Waals surface area contributed by atoms with Gasteiger partial charge in [0.15, 0.2) is 11.0 Å². The van der Waals surface area contributed by atoms with Gasteiger partial charge in [-0.2, -0.15) is 0 Å². The third-order valence-corrected chi connectivity index (χ3v) is 5.07. The minimum Gasteiger partial charge on any atom is -0.495 e. The number of methoxy groups -OCH3 is 1. The van der Waals surface area contributed by atoms with Crippen molar-refractivity contribution in [1.29, 1.82) is 0 Å². The van der Waals surface area contributed by atoms with Gasteiger partial charge >= 0.3 is 0 Å². The molecule has 0 radical (unpaired) electrons.